The number of carbonyl (C=O) groups is 1. The van der Waals surface area contributed by atoms with Crippen LogP contribution in [-0.4, -0.2) is 60.6 Å². The molecule has 0 atom stereocenters. The Morgan fingerprint density at radius 1 is 1.29 bits per heavy atom. The van der Waals surface area contributed by atoms with Gasteiger partial charge in [0.15, 0.2) is 0 Å². The Kier molecular flexibility index (Phi) is 6.49. The molecule has 0 aliphatic heterocycles. The second-order valence-corrected chi connectivity index (χ2v) is 3.96. The van der Waals surface area contributed by atoms with Crippen molar-refractivity contribution in [2.24, 2.45) is 0 Å². The minimum Gasteiger partial charge on any atom is -0.395 e. The van der Waals surface area contributed by atoms with Crippen LogP contribution in [-0.2, 0) is 4.79 Å². The summed E-state index contributed by atoms with van der Waals surface area (Å²) in [6.45, 7) is 5.15. The van der Waals surface area contributed by atoms with Crippen molar-refractivity contribution in [3.05, 3.63) is 0 Å². The van der Waals surface area contributed by atoms with Gasteiger partial charge in [0.25, 0.3) is 0 Å². The zero-order chi connectivity index (χ0) is 11.1. The Morgan fingerprint density at radius 3 is 2.21 bits per heavy atom. The van der Waals surface area contributed by atoms with Crippen molar-refractivity contribution < 1.29 is 9.90 Å². The van der Waals surface area contributed by atoms with E-state index in [-0.39, 0.29) is 18.6 Å². The third kappa shape index (κ3) is 5.19. The van der Waals surface area contributed by atoms with Crippen molar-refractivity contribution in [2.75, 3.05) is 33.8 Å². The largest absolute Gasteiger partial charge is 0.395 e. The lowest BCUT2D eigenvalue weighted by molar-refractivity contribution is -0.133. The first-order chi connectivity index (χ1) is 6.49. The van der Waals surface area contributed by atoms with E-state index in [0.717, 1.165) is 6.54 Å². The Hall–Kier alpha value is -0.610. The van der Waals surface area contributed by atoms with Crippen LogP contribution in [0.4, 0.5) is 0 Å². The number of aliphatic hydroxyl groups excluding tert-OH is 1. The lowest BCUT2D eigenvalue weighted by Crippen LogP contribution is -2.40. The third-order valence-corrected chi connectivity index (χ3v) is 2.06. The van der Waals surface area contributed by atoms with Crippen molar-refractivity contribution in [1.29, 1.82) is 0 Å². The number of rotatable bonds is 6. The van der Waals surface area contributed by atoms with Crippen molar-refractivity contribution in [3.63, 3.8) is 0 Å². The molecule has 1 N–H and O–H groups in total. The highest BCUT2D eigenvalue weighted by Gasteiger charge is 2.15. The van der Waals surface area contributed by atoms with Crippen LogP contribution in [0.15, 0.2) is 0 Å². The predicted molar refractivity (Wildman–Crippen MR) is 57.1 cm³/mol. The lowest BCUT2D eigenvalue weighted by atomic mass is 10.2. The zero-order valence-corrected chi connectivity index (χ0v) is 9.66. The summed E-state index contributed by atoms with van der Waals surface area (Å²) < 4.78 is 0. The van der Waals surface area contributed by atoms with E-state index in [1.807, 2.05) is 32.8 Å². The molecule has 14 heavy (non-hydrogen) atoms. The zero-order valence-electron chi connectivity index (χ0n) is 9.66. The average molecular weight is 202 g/mol. The smallest absolute Gasteiger partial charge is 0.224 e. The first-order valence-corrected chi connectivity index (χ1v) is 5.04. The van der Waals surface area contributed by atoms with E-state index >= 15 is 0 Å². The van der Waals surface area contributed by atoms with Crippen LogP contribution in [0.2, 0.25) is 0 Å². The Morgan fingerprint density at radius 2 is 1.86 bits per heavy atom. The first kappa shape index (κ1) is 13.4. The van der Waals surface area contributed by atoms with Gasteiger partial charge in [-0.05, 0) is 27.9 Å². The number of hydrogen-bond acceptors (Lipinski definition) is 3. The summed E-state index contributed by atoms with van der Waals surface area (Å²) in [5.74, 6) is 0.114. The molecule has 0 aliphatic carbocycles. The standard InChI is InChI=1S/C10H22N2O2/c1-9(2)12(7-8-13)10(14)5-6-11(3)4/h9,13H,5-8H2,1-4H3. The topological polar surface area (TPSA) is 43.8 Å². The normalized spacial score (nSPS) is 11.1. The molecule has 0 spiro atoms. The monoisotopic (exact) mass is 202 g/mol. The fourth-order valence-corrected chi connectivity index (χ4v) is 1.24. The molecule has 0 radical (unpaired) electrons. The van der Waals surface area contributed by atoms with Gasteiger partial charge in [0.1, 0.15) is 0 Å². The predicted octanol–water partition coefficient (Wildman–Crippen LogP) is 0.167. The molecular weight excluding hydrogens is 180 g/mol. The quantitative estimate of drug-likeness (QED) is 0.667. The number of nitrogens with zero attached hydrogens (tertiary/aromatic N) is 2. The minimum absolute atomic E-state index is 0.0336. The highest BCUT2D eigenvalue weighted by atomic mass is 16.3. The molecule has 0 aromatic heterocycles. The maximum absolute atomic E-state index is 11.7. The van der Waals surface area contributed by atoms with Gasteiger partial charge in [0, 0.05) is 25.6 Å². The number of carbonyl (C=O) groups excluding carboxylic acids is 1. The van der Waals surface area contributed by atoms with Gasteiger partial charge in [-0.1, -0.05) is 0 Å². The van der Waals surface area contributed by atoms with Crippen LogP contribution in [0.1, 0.15) is 20.3 Å². The van der Waals surface area contributed by atoms with Crippen LogP contribution in [0.3, 0.4) is 0 Å². The summed E-state index contributed by atoms with van der Waals surface area (Å²) in [6, 6.07) is 0.164. The van der Waals surface area contributed by atoms with E-state index in [4.69, 9.17) is 5.11 Å². The van der Waals surface area contributed by atoms with Crippen molar-refractivity contribution >= 4 is 5.91 Å². The lowest BCUT2D eigenvalue weighted by Gasteiger charge is -2.26. The van der Waals surface area contributed by atoms with E-state index in [1.165, 1.54) is 0 Å². The van der Waals surface area contributed by atoms with Crippen molar-refractivity contribution in [3.8, 4) is 0 Å². The van der Waals surface area contributed by atoms with Gasteiger partial charge in [-0.25, -0.2) is 0 Å². The van der Waals surface area contributed by atoms with Gasteiger partial charge in [0.05, 0.1) is 6.61 Å². The van der Waals surface area contributed by atoms with Crippen LogP contribution < -0.4 is 0 Å². The summed E-state index contributed by atoms with van der Waals surface area (Å²) in [5, 5.41) is 8.81. The molecule has 0 fully saturated rings. The highest BCUT2D eigenvalue weighted by Crippen LogP contribution is 2.01. The fourth-order valence-electron chi connectivity index (χ4n) is 1.24. The minimum atomic E-state index is 0.0336. The molecule has 0 unspecified atom stereocenters. The Labute approximate surface area is 86.5 Å². The molecule has 0 aliphatic rings. The molecule has 4 heteroatoms. The van der Waals surface area contributed by atoms with Gasteiger partial charge in [-0.15, -0.1) is 0 Å². The Bertz CT molecular complexity index is 170. The summed E-state index contributed by atoms with van der Waals surface area (Å²) >= 11 is 0. The van der Waals surface area contributed by atoms with Crippen LogP contribution in [0.25, 0.3) is 0 Å². The molecule has 0 saturated heterocycles. The number of aliphatic hydroxyl groups is 1. The molecule has 0 rings (SSSR count). The van der Waals surface area contributed by atoms with Gasteiger partial charge >= 0.3 is 0 Å². The van der Waals surface area contributed by atoms with Gasteiger partial charge in [0.2, 0.25) is 5.91 Å². The summed E-state index contributed by atoms with van der Waals surface area (Å²) in [7, 11) is 3.89. The van der Waals surface area contributed by atoms with E-state index in [1.54, 1.807) is 4.90 Å². The average Bonchev–Trinajstić information content (AvgIpc) is 2.09. The Balaban J connectivity index is 4.02. The summed E-state index contributed by atoms with van der Waals surface area (Å²) in [5.41, 5.74) is 0. The molecule has 0 aromatic carbocycles. The fraction of sp³-hybridized carbons (Fsp3) is 0.900. The number of hydrogen-bond donors (Lipinski definition) is 1. The van der Waals surface area contributed by atoms with E-state index in [2.05, 4.69) is 0 Å². The maximum Gasteiger partial charge on any atom is 0.224 e. The highest BCUT2D eigenvalue weighted by molar-refractivity contribution is 5.76. The maximum atomic E-state index is 11.7. The van der Waals surface area contributed by atoms with Gasteiger partial charge < -0.3 is 14.9 Å². The van der Waals surface area contributed by atoms with Gasteiger partial charge in [-0.3, -0.25) is 4.79 Å². The molecule has 0 heterocycles. The molecular formula is C10H22N2O2. The summed E-state index contributed by atoms with van der Waals surface area (Å²) in [4.78, 5) is 15.4. The number of amides is 1. The molecule has 0 aromatic rings. The molecule has 0 bridgehead atoms. The first-order valence-electron chi connectivity index (χ1n) is 5.04. The molecule has 1 amide bonds. The third-order valence-electron chi connectivity index (χ3n) is 2.06. The van der Waals surface area contributed by atoms with E-state index < -0.39 is 0 Å². The van der Waals surface area contributed by atoms with Crippen LogP contribution in [0.5, 0.6) is 0 Å². The molecule has 84 valence electrons. The summed E-state index contributed by atoms with van der Waals surface area (Å²) in [6.07, 6.45) is 0.519. The second kappa shape index (κ2) is 6.79. The van der Waals surface area contributed by atoms with E-state index in [0.29, 0.717) is 13.0 Å². The van der Waals surface area contributed by atoms with Crippen molar-refractivity contribution in [2.45, 2.75) is 26.3 Å². The molecule has 0 saturated carbocycles. The van der Waals surface area contributed by atoms with E-state index in [9.17, 15) is 4.79 Å². The van der Waals surface area contributed by atoms with Crippen LogP contribution >= 0.6 is 0 Å². The molecule has 4 nitrogen and oxygen atoms in total. The SMILES string of the molecule is CC(C)N(CCO)C(=O)CCN(C)C. The van der Waals surface area contributed by atoms with Crippen molar-refractivity contribution in [1.82, 2.24) is 9.80 Å². The van der Waals surface area contributed by atoms with Crippen LogP contribution in [0, 0.1) is 0 Å². The second-order valence-electron chi connectivity index (χ2n) is 3.96. The van der Waals surface area contributed by atoms with Gasteiger partial charge in [-0.2, -0.15) is 0 Å².